The predicted octanol–water partition coefficient (Wildman–Crippen LogP) is 2.04. The number of hydrogen-bond donors (Lipinski definition) is 1. The molecule has 5 heteroatoms. The van der Waals surface area contributed by atoms with E-state index in [0.717, 1.165) is 38.8 Å². The van der Waals surface area contributed by atoms with E-state index in [0.29, 0.717) is 26.1 Å². The fourth-order valence-corrected chi connectivity index (χ4v) is 1.65. The molecule has 0 aliphatic carbocycles. The molecule has 0 bridgehead atoms. The van der Waals surface area contributed by atoms with Gasteiger partial charge in [-0.1, -0.05) is 6.42 Å². The van der Waals surface area contributed by atoms with Crippen LogP contribution in [-0.2, 0) is 19.1 Å². The van der Waals surface area contributed by atoms with Gasteiger partial charge >= 0.3 is 11.9 Å². The van der Waals surface area contributed by atoms with Crippen LogP contribution in [-0.4, -0.2) is 38.2 Å². The molecule has 0 saturated carbocycles. The summed E-state index contributed by atoms with van der Waals surface area (Å²) in [6.45, 7) is 6.29. The maximum Gasteiger partial charge on any atom is 0.305 e. The van der Waals surface area contributed by atoms with Crippen LogP contribution >= 0.6 is 0 Å². The molecule has 112 valence electrons. The monoisotopic (exact) mass is 273 g/mol. The third kappa shape index (κ3) is 13.1. The van der Waals surface area contributed by atoms with Crippen LogP contribution in [0.4, 0.5) is 0 Å². The highest BCUT2D eigenvalue weighted by molar-refractivity contribution is 5.69. The lowest BCUT2D eigenvalue weighted by atomic mass is 10.2. The molecule has 0 atom stereocenters. The van der Waals surface area contributed by atoms with E-state index in [2.05, 4.69) is 5.32 Å². The Hall–Kier alpha value is -1.10. The summed E-state index contributed by atoms with van der Waals surface area (Å²) in [6.07, 6.45) is 4.73. The third-order valence-electron chi connectivity index (χ3n) is 2.58. The summed E-state index contributed by atoms with van der Waals surface area (Å²) in [7, 11) is 0. The van der Waals surface area contributed by atoms with Gasteiger partial charge in [-0.05, 0) is 46.2 Å². The number of rotatable bonds is 12. The number of ether oxygens (including phenoxy) is 2. The number of esters is 2. The van der Waals surface area contributed by atoms with Crippen molar-refractivity contribution in [2.75, 3.05) is 26.3 Å². The Morgan fingerprint density at radius 2 is 1.32 bits per heavy atom. The van der Waals surface area contributed by atoms with Crippen LogP contribution in [0.2, 0.25) is 0 Å². The van der Waals surface area contributed by atoms with Crippen molar-refractivity contribution in [1.82, 2.24) is 5.32 Å². The normalized spacial score (nSPS) is 10.2. The number of nitrogens with one attached hydrogen (secondary N) is 1. The van der Waals surface area contributed by atoms with Crippen molar-refractivity contribution in [1.29, 1.82) is 0 Å². The van der Waals surface area contributed by atoms with Gasteiger partial charge in [0.2, 0.25) is 0 Å². The van der Waals surface area contributed by atoms with Gasteiger partial charge in [-0.25, -0.2) is 0 Å². The molecule has 5 nitrogen and oxygen atoms in total. The molecule has 0 spiro atoms. The largest absolute Gasteiger partial charge is 0.466 e. The van der Waals surface area contributed by atoms with Crippen LogP contribution in [0.1, 0.15) is 52.4 Å². The Morgan fingerprint density at radius 1 is 0.789 bits per heavy atom. The van der Waals surface area contributed by atoms with E-state index in [4.69, 9.17) is 9.47 Å². The van der Waals surface area contributed by atoms with Gasteiger partial charge in [0.25, 0.3) is 0 Å². The van der Waals surface area contributed by atoms with E-state index in [-0.39, 0.29) is 11.9 Å². The molecule has 0 rings (SSSR count). The van der Waals surface area contributed by atoms with Crippen LogP contribution in [0, 0.1) is 0 Å². The maximum atomic E-state index is 11.1. The first-order chi connectivity index (χ1) is 9.20. The summed E-state index contributed by atoms with van der Waals surface area (Å²) in [6, 6.07) is 0. The topological polar surface area (TPSA) is 64.6 Å². The molecule has 0 fully saturated rings. The number of carbonyl (C=O) groups is 2. The molecule has 0 aliphatic rings. The summed E-state index contributed by atoms with van der Waals surface area (Å²) in [4.78, 5) is 22.1. The number of carbonyl (C=O) groups excluding carboxylic acids is 2. The molecular formula is C14H27NO4. The minimum atomic E-state index is -0.126. The first-order valence-electron chi connectivity index (χ1n) is 7.22. The van der Waals surface area contributed by atoms with Gasteiger partial charge in [0.05, 0.1) is 13.2 Å². The van der Waals surface area contributed by atoms with Gasteiger partial charge in [-0.15, -0.1) is 0 Å². The maximum absolute atomic E-state index is 11.1. The van der Waals surface area contributed by atoms with Crippen LogP contribution in [0.15, 0.2) is 0 Å². The molecule has 0 radical (unpaired) electrons. The summed E-state index contributed by atoms with van der Waals surface area (Å²) >= 11 is 0. The van der Waals surface area contributed by atoms with Crippen molar-refractivity contribution in [3.05, 3.63) is 0 Å². The molecule has 0 aromatic rings. The van der Waals surface area contributed by atoms with Crippen LogP contribution < -0.4 is 5.32 Å². The van der Waals surface area contributed by atoms with Gasteiger partial charge in [0, 0.05) is 12.8 Å². The second-order valence-corrected chi connectivity index (χ2v) is 4.27. The van der Waals surface area contributed by atoms with Crippen molar-refractivity contribution in [3.8, 4) is 0 Å². The summed E-state index contributed by atoms with van der Waals surface area (Å²) in [5, 5.41) is 3.27. The minimum Gasteiger partial charge on any atom is -0.466 e. The smallest absolute Gasteiger partial charge is 0.305 e. The first-order valence-corrected chi connectivity index (χ1v) is 7.22. The second kappa shape index (κ2) is 13.3. The summed E-state index contributed by atoms with van der Waals surface area (Å²) in [5.41, 5.74) is 0. The van der Waals surface area contributed by atoms with Crippen LogP contribution in [0.3, 0.4) is 0 Å². The summed E-state index contributed by atoms with van der Waals surface area (Å²) < 4.78 is 9.68. The zero-order chi connectivity index (χ0) is 14.3. The molecule has 19 heavy (non-hydrogen) atoms. The molecule has 1 N–H and O–H groups in total. The zero-order valence-electron chi connectivity index (χ0n) is 12.2. The number of unbranched alkanes of at least 4 members (excludes halogenated alkanes) is 2. The fourth-order valence-electron chi connectivity index (χ4n) is 1.65. The lowest BCUT2D eigenvalue weighted by Gasteiger charge is -2.05. The van der Waals surface area contributed by atoms with Crippen molar-refractivity contribution >= 4 is 11.9 Å². The first kappa shape index (κ1) is 17.9. The Bertz CT molecular complexity index is 220. The highest BCUT2D eigenvalue weighted by atomic mass is 16.5. The van der Waals surface area contributed by atoms with Crippen molar-refractivity contribution < 1.29 is 19.1 Å². The predicted molar refractivity (Wildman–Crippen MR) is 73.8 cm³/mol. The Balaban J connectivity index is 3.15. The van der Waals surface area contributed by atoms with Crippen LogP contribution in [0.25, 0.3) is 0 Å². The van der Waals surface area contributed by atoms with Crippen LogP contribution in [0.5, 0.6) is 0 Å². The van der Waals surface area contributed by atoms with Crippen molar-refractivity contribution in [2.24, 2.45) is 0 Å². The zero-order valence-corrected chi connectivity index (χ0v) is 12.2. The Kier molecular flexibility index (Phi) is 12.6. The van der Waals surface area contributed by atoms with Crippen molar-refractivity contribution in [3.63, 3.8) is 0 Å². The SMILES string of the molecule is CCOC(=O)CCCCCNCCCC(=O)OCC. The lowest BCUT2D eigenvalue weighted by Crippen LogP contribution is -2.18. The van der Waals surface area contributed by atoms with E-state index in [1.807, 2.05) is 13.8 Å². The Morgan fingerprint density at radius 3 is 1.89 bits per heavy atom. The standard InChI is InChI=1S/C14H27NO4/c1-3-18-13(16)9-6-5-7-11-15-12-8-10-14(17)19-4-2/h15H,3-12H2,1-2H3. The highest BCUT2D eigenvalue weighted by Crippen LogP contribution is 2.00. The van der Waals surface area contributed by atoms with E-state index >= 15 is 0 Å². The van der Waals surface area contributed by atoms with E-state index in [1.54, 1.807) is 0 Å². The Labute approximate surface area is 116 Å². The molecule has 0 heterocycles. The second-order valence-electron chi connectivity index (χ2n) is 4.27. The van der Waals surface area contributed by atoms with E-state index in [9.17, 15) is 9.59 Å². The van der Waals surface area contributed by atoms with E-state index in [1.165, 1.54) is 0 Å². The quantitative estimate of drug-likeness (QED) is 0.435. The van der Waals surface area contributed by atoms with Gasteiger partial charge in [-0.2, -0.15) is 0 Å². The molecule has 0 aliphatic heterocycles. The summed E-state index contributed by atoms with van der Waals surface area (Å²) in [5.74, 6) is -0.233. The average Bonchev–Trinajstić information content (AvgIpc) is 2.37. The average molecular weight is 273 g/mol. The van der Waals surface area contributed by atoms with Gasteiger partial charge in [0.15, 0.2) is 0 Å². The third-order valence-corrected chi connectivity index (χ3v) is 2.58. The van der Waals surface area contributed by atoms with E-state index < -0.39 is 0 Å². The molecule has 0 aromatic heterocycles. The van der Waals surface area contributed by atoms with Crippen molar-refractivity contribution in [2.45, 2.75) is 52.4 Å². The molecule has 0 saturated heterocycles. The minimum absolute atomic E-state index is 0.107. The molecular weight excluding hydrogens is 246 g/mol. The lowest BCUT2D eigenvalue weighted by molar-refractivity contribution is -0.144. The van der Waals surface area contributed by atoms with Gasteiger partial charge in [0.1, 0.15) is 0 Å². The molecule has 0 aromatic carbocycles. The van der Waals surface area contributed by atoms with Gasteiger partial charge in [-0.3, -0.25) is 9.59 Å². The molecule has 0 amide bonds. The highest BCUT2D eigenvalue weighted by Gasteiger charge is 2.01. The number of hydrogen-bond acceptors (Lipinski definition) is 5. The fraction of sp³-hybridized carbons (Fsp3) is 0.857. The molecule has 0 unspecified atom stereocenters. The van der Waals surface area contributed by atoms with Gasteiger partial charge < -0.3 is 14.8 Å².